The van der Waals surface area contributed by atoms with Crippen LogP contribution in [0.2, 0.25) is 5.02 Å². The number of ether oxygens (including phenoxy) is 2. The van der Waals surface area contributed by atoms with Crippen LogP contribution in [-0.2, 0) is 0 Å². The summed E-state index contributed by atoms with van der Waals surface area (Å²) in [7, 11) is 1.57. The molecule has 0 saturated heterocycles. The molecule has 0 aliphatic rings. The van der Waals surface area contributed by atoms with E-state index in [0.717, 1.165) is 5.75 Å². The molecule has 1 N–H and O–H groups in total. The second kappa shape index (κ2) is 8.42. The second-order valence-corrected chi connectivity index (χ2v) is 6.75. The summed E-state index contributed by atoms with van der Waals surface area (Å²) in [5.74, 6) is 2.04. The molecule has 136 valence electrons. The Balaban J connectivity index is 1.98. The van der Waals surface area contributed by atoms with Gasteiger partial charge in [-0.15, -0.1) is 0 Å². The highest BCUT2D eigenvalue weighted by atomic mass is 35.5. The van der Waals surface area contributed by atoms with Crippen molar-refractivity contribution in [3.8, 4) is 11.5 Å². The van der Waals surface area contributed by atoms with Gasteiger partial charge in [-0.1, -0.05) is 11.6 Å². The van der Waals surface area contributed by atoms with E-state index in [1.165, 1.54) is 12.4 Å². The first-order chi connectivity index (χ1) is 12.6. The van der Waals surface area contributed by atoms with Crippen LogP contribution in [0.4, 0.5) is 15.9 Å². The zero-order chi connectivity index (χ0) is 18.5. The first-order valence-electron chi connectivity index (χ1n) is 7.79. The normalized spacial score (nSPS) is 10.8. The molecule has 0 spiro atoms. The fourth-order valence-electron chi connectivity index (χ4n) is 2.39. The Labute approximate surface area is 159 Å². The van der Waals surface area contributed by atoms with Crippen LogP contribution in [0.5, 0.6) is 11.5 Å². The number of thioether (sulfide) groups is 1. The third-order valence-electron chi connectivity index (χ3n) is 3.65. The van der Waals surface area contributed by atoms with Crippen molar-refractivity contribution in [1.29, 1.82) is 0 Å². The Kier molecular flexibility index (Phi) is 6.00. The van der Waals surface area contributed by atoms with Crippen LogP contribution >= 0.6 is 23.4 Å². The zero-order valence-electron chi connectivity index (χ0n) is 14.3. The smallest absolute Gasteiger partial charge is 0.163 e. The predicted octanol–water partition coefficient (Wildman–Crippen LogP) is 4.92. The zero-order valence-corrected chi connectivity index (χ0v) is 15.8. The van der Waals surface area contributed by atoms with Crippen LogP contribution < -0.4 is 14.8 Å². The van der Waals surface area contributed by atoms with E-state index in [0.29, 0.717) is 39.8 Å². The van der Waals surface area contributed by atoms with Gasteiger partial charge in [0, 0.05) is 22.2 Å². The van der Waals surface area contributed by atoms with Crippen LogP contribution in [0.1, 0.15) is 0 Å². The molecule has 0 saturated carbocycles. The summed E-state index contributed by atoms with van der Waals surface area (Å²) < 4.78 is 25.3. The fourth-order valence-corrected chi connectivity index (χ4v) is 2.80. The third-order valence-corrected chi connectivity index (χ3v) is 4.46. The summed E-state index contributed by atoms with van der Waals surface area (Å²) in [6.07, 6.45) is 3.43. The first kappa shape index (κ1) is 18.5. The van der Waals surface area contributed by atoms with Crippen molar-refractivity contribution in [3.63, 3.8) is 0 Å². The Morgan fingerprint density at radius 2 is 2.04 bits per heavy atom. The number of rotatable bonds is 7. The van der Waals surface area contributed by atoms with Gasteiger partial charge in [-0.05, 0) is 30.5 Å². The topological polar surface area (TPSA) is 56.3 Å². The molecule has 26 heavy (non-hydrogen) atoms. The van der Waals surface area contributed by atoms with Crippen molar-refractivity contribution in [3.05, 3.63) is 47.5 Å². The summed E-state index contributed by atoms with van der Waals surface area (Å²) in [6.45, 7) is 0.565. The van der Waals surface area contributed by atoms with Gasteiger partial charge in [0.25, 0.3) is 0 Å². The molecule has 0 radical (unpaired) electrons. The van der Waals surface area contributed by atoms with Gasteiger partial charge in [-0.25, -0.2) is 14.4 Å². The number of hydrogen-bond donors (Lipinski definition) is 1. The highest BCUT2D eigenvalue weighted by Crippen LogP contribution is 2.35. The van der Waals surface area contributed by atoms with Crippen molar-refractivity contribution in [2.24, 2.45) is 0 Å². The lowest BCUT2D eigenvalue weighted by Gasteiger charge is -2.14. The molecule has 1 aromatic heterocycles. The molecule has 8 heteroatoms. The van der Waals surface area contributed by atoms with Crippen molar-refractivity contribution in [2.75, 3.05) is 31.0 Å². The minimum Gasteiger partial charge on any atom is -0.493 e. The van der Waals surface area contributed by atoms with Crippen LogP contribution in [0.25, 0.3) is 10.9 Å². The number of nitrogens with one attached hydrogen (secondary N) is 1. The minimum atomic E-state index is -0.465. The standard InChI is InChI=1S/C18H17ClFN3O2S/c1-24-16-8-12-15(9-17(16)25-5-6-26-2)21-10-22-18(12)23-14-4-3-11(19)7-13(14)20/h3-4,7-10H,5-6H2,1-2H3,(H,21,22,23). The quantitative estimate of drug-likeness (QED) is 0.575. The van der Waals surface area contributed by atoms with Gasteiger partial charge in [-0.3, -0.25) is 0 Å². The second-order valence-electron chi connectivity index (χ2n) is 5.33. The molecular weight excluding hydrogens is 377 g/mol. The molecule has 0 aliphatic heterocycles. The Morgan fingerprint density at radius 1 is 1.19 bits per heavy atom. The minimum absolute atomic E-state index is 0.272. The molecule has 2 aromatic carbocycles. The number of nitrogens with zero attached hydrogens (tertiary/aromatic N) is 2. The number of benzene rings is 2. The van der Waals surface area contributed by atoms with Crippen LogP contribution in [0, 0.1) is 5.82 Å². The lowest BCUT2D eigenvalue weighted by molar-refractivity contribution is 0.314. The van der Waals surface area contributed by atoms with E-state index < -0.39 is 5.82 Å². The number of aromatic nitrogens is 2. The van der Waals surface area contributed by atoms with E-state index in [1.54, 1.807) is 43.1 Å². The van der Waals surface area contributed by atoms with Gasteiger partial charge in [0.15, 0.2) is 11.5 Å². The predicted molar refractivity (Wildman–Crippen MR) is 105 cm³/mol. The average Bonchev–Trinajstić information content (AvgIpc) is 2.64. The van der Waals surface area contributed by atoms with Gasteiger partial charge >= 0.3 is 0 Å². The van der Waals surface area contributed by atoms with E-state index in [1.807, 2.05) is 6.26 Å². The maximum absolute atomic E-state index is 14.1. The largest absolute Gasteiger partial charge is 0.493 e. The molecule has 5 nitrogen and oxygen atoms in total. The molecule has 0 fully saturated rings. The Morgan fingerprint density at radius 3 is 2.77 bits per heavy atom. The van der Waals surface area contributed by atoms with E-state index in [4.69, 9.17) is 21.1 Å². The van der Waals surface area contributed by atoms with Gasteiger partial charge in [0.1, 0.15) is 18.0 Å². The number of methoxy groups -OCH3 is 1. The highest BCUT2D eigenvalue weighted by Gasteiger charge is 2.13. The summed E-state index contributed by atoms with van der Waals surface area (Å²) in [4.78, 5) is 8.50. The van der Waals surface area contributed by atoms with Crippen molar-refractivity contribution in [1.82, 2.24) is 9.97 Å². The molecule has 0 atom stereocenters. The van der Waals surface area contributed by atoms with Crippen LogP contribution in [0.3, 0.4) is 0 Å². The number of hydrogen-bond acceptors (Lipinski definition) is 6. The van der Waals surface area contributed by atoms with Crippen molar-refractivity contribution >= 4 is 45.8 Å². The van der Waals surface area contributed by atoms with Gasteiger partial charge < -0.3 is 14.8 Å². The lowest BCUT2D eigenvalue weighted by atomic mass is 10.2. The molecule has 0 bridgehead atoms. The summed E-state index contributed by atoms with van der Waals surface area (Å²) in [5, 5.41) is 4.00. The van der Waals surface area contributed by atoms with Gasteiger partial charge in [0.2, 0.25) is 0 Å². The molecule has 1 heterocycles. The van der Waals surface area contributed by atoms with E-state index >= 15 is 0 Å². The number of halogens is 2. The fraction of sp³-hybridized carbons (Fsp3) is 0.222. The molecule has 0 aliphatic carbocycles. The number of fused-ring (bicyclic) bond motifs is 1. The third kappa shape index (κ3) is 4.11. The molecular formula is C18H17ClFN3O2S. The average molecular weight is 394 g/mol. The van der Waals surface area contributed by atoms with Crippen molar-refractivity contribution < 1.29 is 13.9 Å². The van der Waals surface area contributed by atoms with Crippen LogP contribution in [-0.4, -0.2) is 35.7 Å². The van der Waals surface area contributed by atoms with Gasteiger partial charge in [-0.2, -0.15) is 11.8 Å². The van der Waals surface area contributed by atoms with E-state index in [9.17, 15) is 4.39 Å². The van der Waals surface area contributed by atoms with Gasteiger partial charge in [0.05, 0.1) is 24.9 Å². The van der Waals surface area contributed by atoms with E-state index in [2.05, 4.69) is 15.3 Å². The Bertz CT molecular complexity index is 926. The molecule has 3 aromatic rings. The maximum Gasteiger partial charge on any atom is 0.163 e. The maximum atomic E-state index is 14.1. The highest BCUT2D eigenvalue weighted by molar-refractivity contribution is 7.98. The monoisotopic (exact) mass is 393 g/mol. The first-order valence-corrected chi connectivity index (χ1v) is 9.56. The lowest BCUT2D eigenvalue weighted by Crippen LogP contribution is -2.03. The van der Waals surface area contributed by atoms with Crippen LogP contribution in [0.15, 0.2) is 36.7 Å². The molecule has 0 unspecified atom stereocenters. The number of anilines is 2. The Hall–Kier alpha value is -2.25. The summed E-state index contributed by atoms with van der Waals surface area (Å²) >= 11 is 7.50. The van der Waals surface area contributed by atoms with Crippen molar-refractivity contribution in [2.45, 2.75) is 0 Å². The SMILES string of the molecule is COc1cc2c(Nc3ccc(Cl)cc3F)ncnc2cc1OCCSC. The molecule has 3 rings (SSSR count). The van der Waals surface area contributed by atoms with E-state index in [-0.39, 0.29) is 5.69 Å². The summed E-state index contributed by atoms with van der Waals surface area (Å²) in [6, 6.07) is 7.97. The summed E-state index contributed by atoms with van der Waals surface area (Å²) in [5.41, 5.74) is 0.936. The molecule has 0 amide bonds.